The van der Waals surface area contributed by atoms with Crippen LogP contribution in [-0.4, -0.2) is 40.7 Å². The predicted octanol–water partition coefficient (Wildman–Crippen LogP) is 2.22. The van der Waals surface area contributed by atoms with Gasteiger partial charge in [0.25, 0.3) is 5.91 Å². The maximum atomic E-state index is 13.7. The van der Waals surface area contributed by atoms with E-state index in [4.69, 9.17) is 4.74 Å². The zero-order valence-electron chi connectivity index (χ0n) is 13.4. The highest BCUT2D eigenvalue weighted by Crippen LogP contribution is 2.40. The molecule has 25 heavy (non-hydrogen) atoms. The lowest BCUT2D eigenvalue weighted by atomic mass is 9.97. The third-order valence-electron chi connectivity index (χ3n) is 4.81. The maximum absolute atomic E-state index is 13.7. The summed E-state index contributed by atoms with van der Waals surface area (Å²) in [5.74, 6) is -1.85. The number of nitrogens with one attached hydrogen (secondary N) is 1. The fourth-order valence-electron chi connectivity index (χ4n) is 3.16. The van der Waals surface area contributed by atoms with Crippen LogP contribution < -0.4 is 5.32 Å². The van der Waals surface area contributed by atoms with Gasteiger partial charge >= 0.3 is 5.97 Å². The Morgan fingerprint density at radius 1 is 1.32 bits per heavy atom. The van der Waals surface area contributed by atoms with Gasteiger partial charge in [0.05, 0.1) is 17.7 Å². The number of ether oxygens (including phenoxy) is 1. The summed E-state index contributed by atoms with van der Waals surface area (Å²) in [6.07, 6.45) is 2.21. The third kappa shape index (κ3) is 2.84. The van der Waals surface area contributed by atoms with E-state index in [1.54, 1.807) is 12.1 Å². The van der Waals surface area contributed by atoms with E-state index in [1.165, 1.54) is 12.1 Å². The summed E-state index contributed by atoms with van der Waals surface area (Å²) in [6.45, 7) is 0.187. The highest BCUT2D eigenvalue weighted by molar-refractivity contribution is 6.07. The van der Waals surface area contributed by atoms with Crippen LogP contribution in [0.5, 0.6) is 0 Å². The molecule has 2 fully saturated rings. The van der Waals surface area contributed by atoms with Gasteiger partial charge in [-0.1, -0.05) is 0 Å². The standard InChI is InChI=1S/C18H17FN2O4/c19-11-3-4-14-12(7-11)13(8-15(20-14)10-1-2-10)16(22)21-18(17(23)24)5-6-25-9-18/h3-4,7-8,10H,1-2,5-6,9H2,(H,21,22)(H,23,24). The number of carbonyl (C=O) groups excluding carboxylic acids is 1. The summed E-state index contributed by atoms with van der Waals surface area (Å²) in [6, 6.07) is 5.75. The Morgan fingerprint density at radius 3 is 2.76 bits per heavy atom. The van der Waals surface area contributed by atoms with E-state index >= 15 is 0 Å². The number of carbonyl (C=O) groups is 2. The molecule has 2 N–H and O–H groups in total. The molecule has 4 rings (SSSR count). The minimum Gasteiger partial charge on any atom is -0.479 e. The Labute approximate surface area is 143 Å². The van der Waals surface area contributed by atoms with Crippen LogP contribution in [0.2, 0.25) is 0 Å². The summed E-state index contributed by atoms with van der Waals surface area (Å²) in [4.78, 5) is 29.0. The summed E-state index contributed by atoms with van der Waals surface area (Å²) in [5.41, 5.74) is 0.123. The van der Waals surface area contributed by atoms with Crippen LogP contribution in [0.1, 0.15) is 41.2 Å². The van der Waals surface area contributed by atoms with Gasteiger partial charge in [0, 0.05) is 30.0 Å². The van der Waals surface area contributed by atoms with Gasteiger partial charge in [-0.3, -0.25) is 9.78 Å². The Hall–Kier alpha value is -2.54. The Kier molecular flexibility index (Phi) is 3.68. The van der Waals surface area contributed by atoms with Crippen molar-refractivity contribution in [3.8, 4) is 0 Å². The molecule has 0 spiro atoms. The van der Waals surface area contributed by atoms with E-state index in [9.17, 15) is 19.1 Å². The first-order valence-electron chi connectivity index (χ1n) is 8.22. The number of hydrogen-bond donors (Lipinski definition) is 2. The van der Waals surface area contributed by atoms with E-state index < -0.39 is 23.2 Å². The molecule has 1 saturated heterocycles. The monoisotopic (exact) mass is 344 g/mol. The number of benzene rings is 1. The molecule has 2 aliphatic rings. The lowest BCUT2D eigenvalue weighted by Crippen LogP contribution is -2.55. The molecule has 1 atom stereocenters. The number of rotatable bonds is 4. The molecule has 1 unspecified atom stereocenters. The topological polar surface area (TPSA) is 88.5 Å². The average Bonchev–Trinajstić information content (AvgIpc) is 3.33. The summed E-state index contributed by atoms with van der Waals surface area (Å²) >= 11 is 0. The van der Waals surface area contributed by atoms with Crippen LogP contribution in [0.15, 0.2) is 24.3 Å². The van der Waals surface area contributed by atoms with Crippen molar-refractivity contribution < 1.29 is 23.8 Å². The van der Waals surface area contributed by atoms with Crippen molar-refractivity contribution in [3.05, 3.63) is 41.3 Å². The minimum absolute atomic E-state index is 0.0824. The van der Waals surface area contributed by atoms with Crippen LogP contribution in [0, 0.1) is 5.82 Å². The molecule has 7 heteroatoms. The zero-order valence-corrected chi connectivity index (χ0v) is 13.4. The molecule has 1 aliphatic carbocycles. The van der Waals surface area contributed by atoms with Crippen LogP contribution in [0.25, 0.3) is 10.9 Å². The second-order valence-electron chi connectivity index (χ2n) is 6.67. The van der Waals surface area contributed by atoms with Gasteiger partial charge in [0.1, 0.15) is 5.82 Å². The number of aromatic nitrogens is 1. The average molecular weight is 344 g/mol. The SMILES string of the molecule is O=C(NC1(C(=O)O)CCOC1)c1cc(C2CC2)nc2ccc(F)cc12. The largest absolute Gasteiger partial charge is 0.479 e. The van der Waals surface area contributed by atoms with Gasteiger partial charge in [0.15, 0.2) is 5.54 Å². The predicted molar refractivity (Wildman–Crippen MR) is 86.9 cm³/mol. The number of amides is 1. The number of carboxylic acid groups (broad SMARTS) is 1. The van der Waals surface area contributed by atoms with E-state index in [-0.39, 0.29) is 25.2 Å². The van der Waals surface area contributed by atoms with E-state index in [0.717, 1.165) is 18.5 Å². The molecular formula is C18H17FN2O4. The highest BCUT2D eigenvalue weighted by Gasteiger charge is 2.44. The molecule has 1 aromatic carbocycles. The fourth-order valence-corrected chi connectivity index (χ4v) is 3.16. The van der Waals surface area contributed by atoms with Gasteiger partial charge in [-0.05, 0) is 37.1 Å². The normalized spacial score (nSPS) is 22.9. The van der Waals surface area contributed by atoms with Crippen LogP contribution in [-0.2, 0) is 9.53 Å². The van der Waals surface area contributed by atoms with Gasteiger partial charge in [-0.15, -0.1) is 0 Å². The molecule has 1 amide bonds. The molecular weight excluding hydrogens is 327 g/mol. The van der Waals surface area contributed by atoms with Crippen LogP contribution in [0.4, 0.5) is 4.39 Å². The molecule has 130 valence electrons. The molecule has 2 aromatic rings. The highest BCUT2D eigenvalue weighted by atomic mass is 19.1. The maximum Gasteiger partial charge on any atom is 0.331 e. The number of aliphatic carboxylic acids is 1. The number of hydrogen-bond acceptors (Lipinski definition) is 4. The van der Waals surface area contributed by atoms with Gasteiger partial charge in [-0.25, -0.2) is 9.18 Å². The second-order valence-corrected chi connectivity index (χ2v) is 6.67. The van der Waals surface area contributed by atoms with Gasteiger partial charge < -0.3 is 15.2 Å². The lowest BCUT2D eigenvalue weighted by Gasteiger charge is -2.24. The lowest BCUT2D eigenvalue weighted by molar-refractivity contribution is -0.144. The Bertz CT molecular complexity index is 873. The summed E-state index contributed by atoms with van der Waals surface area (Å²) < 4.78 is 18.9. The van der Waals surface area contributed by atoms with E-state index in [0.29, 0.717) is 16.8 Å². The summed E-state index contributed by atoms with van der Waals surface area (Å²) in [5, 5.41) is 12.5. The van der Waals surface area contributed by atoms with Gasteiger partial charge in [-0.2, -0.15) is 0 Å². The van der Waals surface area contributed by atoms with Crippen molar-refractivity contribution in [1.82, 2.24) is 10.3 Å². The second kappa shape index (κ2) is 5.77. The minimum atomic E-state index is -1.44. The van der Waals surface area contributed by atoms with Crippen LogP contribution in [0.3, 0.4) is 0 Å². The quantitative estimate of drug-likeness (QED) is 0.888. The Morgan fingerprint density at radius 2 is 2.12 bits per heavy atom. The molecule has 2 heterocycles. The van der Waals surface area contributed by atoms with E-state index in [2.05, 4.69) is 10.3 Å². The zero-order chi connectivity index (χ0) is 17.6. The number of halogens is 1. The molecule has 0 bridgehead atoms. The fraction of sp³-hybridized carbons (Fsp3) is 0.389. The number of pyridine rings is 1. The number of carboxylic acids is 1. The van der Waals surface area contributed by atoms with Crippen molar-refractivity contribution in [2.45, 2.75) is 30.7 Å². The van der Waals surface area contributed by atoms with Gasteiger partial charge in [0.2, 0.25) is 0 Å². The van der Waals surface area contributed by atoms with Crippen molar-refractivity contribution in [1.29, 1.82) is 0 Å². The first-order chi connectivity index (χ1) is 12.0. The molecule has 1 aliphatic heterocycles. The first kappa shape index (κ1) is 16.0. The van der Waals surface area contributed by atoms with Crippen LogP contribution >= 0.6 is 0 Å². The van der Waals surface area contributed by atoms with Crippen molar-refractivity contribution in [2.75, 3.05) is 13.2 Å². The smallest absolute Gasteiger partial charge is 0.331 e. The number of fused-ring (bicyclic) bond motifs is 1. The number of nitrogens with zero attached hydrogens (tertiary/aromatic N) is 1. The summed E-state index contributed by atoms with van der Waals surface area (Å²) in [7, 11) is 0. The van der Waals surface area contributed by atoms with Crippen molar-refractivity contribution in [3.63, 3.8) is 0 Å². The van der Waals surface area contributed by atoms with Crippen molar-refractivity contribution in [2.24, 2.45) is 0 Å². The van der Waals surface area contributed by atoms with Crippen molar-refractivity contribution >= 4 is 22.8 Å². The molecule has 6 nitrogen and oxygen atoms in total. The molecule has 1 aromatic heterocycles. The molecule has 1 saturated carbocycles. The molecule has 0 radical (unpaired) electrons. The third-order valence-corrected chi connectivity index (χ3v) is 4.81. The first-order valence-corrected chi connectivity index (χ1v) is 8.22. The van der Waals surface area contributed by atoms with E-state index in [1.807, 2.05) is 0 Å². The Balaban J connectivity index is 1.77.